The summed E-state index contributed by atoms with van der Waals surface area (Å²) in [7, 11) is 0. The van der Waals surface area contributed by atoms with E-state index in [2.05, 4.69) is 71.3 Å². The van der Waals surface area contributed by atoms with Crippen LogP contribution in [-0.2, 0) is 16.0 Å². The number of fused-ring (bicyclic) bond motifs is 6. The molecule has 7 nitrogen and oxygen atoms in total. The smallest absolute Gasteiger partial charge is 0.220 e. The molecule has 1 aromatic carbocycles. The lowest BCUT2D eigenvalue weighted by Crippen LogP contribution is -2.52. The minimum atomic E-state index is -0.153. The van der Waals surface area contributed by atoms with Crippen LogP contribution in [0.4, 0.5) is 5.69 Å². The number of aliphatic hydroxyl groups excluding tert-OH is 1. The maximum atomic E-state index is 13.0. The van der Waals surface area contributed by atoms with E-state index < -0.39 is 0 Å². The zero-order chi connectivity index (χ0) is 33.1. The van der Waals surface area contributed by atoms with Gasteiger partial charge in [0.1, 0.15) is 11.3 Å². The number of ketones is 1. The van der Waals surface area contributed by atoms with E-state index in [-0.39, 0.29) is 23.2 Å². The first-order chi connectivity index (χ1) is 22.5. The van der Waals surface area contributed by atoms with Crippen molar-refractivity contribution in [3.8, 4) is 0 Å². The van der Waals surface area contributed by atoms with E-state index in [1.54, 1.807) is 16.7 Å². The number of aliphatic hydroxyl groups is 1. The highest BCUT2D eigenvalue weighted by Crippen LogP contribution is 2.65. The van der Waals surface area contributed by atoms with Crippen molar-refractivity contribution in [2.75, 3.05) is 13.1 Å². The fourth-order valence-corrected chi connectivity index (χ4v) is 12.1. The molecule has 254 valence electrons. The van der Waals surface area contributed by atoms with Crippen LogP contribution in [0.3, 0.4) is 0 Å². The SMILES string of the molecule is CC1=C2C[C@H]3[C@@H](CC=C4C[C@@H](O)CC[C@@]43C)[C@@H]2CC[C@]12O[C@@H]1C[C@H](C)CN(CCCC(=O)CCc3ccc(N=[N+]=N)c(I)c3)[C@H]1[C@H]2C. The van der Waals surface area contributed by atoms with Gasteiger partial charge in [-0.25, -0.2) is 0 Å². The van der Waals surface area contributed by atoms with Crippen LogP contribution in [0.25, 0.3) is 0 Å². The van der Waals surface area contributed by atoms with Crippen molar-refractivity contribution in [3.63, 3.8) is 0 Å². The van der Waals surface area contributed by atoms with Crippen LogP contribution in [0.5, 0.6) is 0 Å². The number of nitrogens with zero attached hydrogens (tertiary/aromatic N) is 3. The number of Topliss-reactive ketones (excluding diaryl/α,β-unsaturated/α-hetero) is 1. The molecule has 6 aliphatic rings. The number of allylic oxidation sites excluding steroid dienone is 2. The molecule has 2 aliphatic heterocycles. The lowest BCUT2D eigenvalue weighted by atomic mass is 9.56. The van der Waals surface area contributed by atoms with Crippen molar-refractivity contribution < 1.29 is 14.6 Å². The Bertz CT molecular complexity index is 1520. The molecule has 0 aromatic heterocycles. The Labute approximate surface area is 294 Å². The molecular formula is C39H54IN4O3+. The minimum absolute atomic E-state index is 0.151. The molecule has 2 saturated carbocycles. The van der Waals surface area contributed by atoms with Gasteiger partial charge in [-0.15, -0.1) is 0 Å². The van der Waals surface area contributed by atoms with Crippen molar-refractivity contribution in [1.82, 2.24) is 9.81 Å². The lowest BCUT2D eigenvalue weighted by Gasteiger charge is -2.49. The highest BCUT2D eigenvalue weighted by molar-refractivity contribution is 14.1. The van der Waals surface area contributed by atoms with Gasteiger partial charge >= 0.3 is 0 Å². The maximum absolute atomic E-state index is 13.0. The highest BCUT2D eigenvalue weighted by Gasteiger charge is 2.61. The number of ether oxygens (including phenoxy) is 1. The van der Waals surface area contributed by atoms with Gasteiger partial charge in [0.15, 0.2) is 10.8 Å². The number of halogens is 1. The van der Waals surface area contributed by atoms with Crippen molar-refractivity contribution in [2.24, 2.45) is 40.1 Å². The van der Waals surface area contributed by atoms with Gasteiger partial charge in [0.05, 0.1) is 17.8 Å². The van der Waals surface area contributed by atoms with Crippen LogP contribution >= 0.6 is 22.6 Å². The minimum Gasteiger partial charge on any atom is -0.393 e. The van der Waals surface area contributed by atoms with Gasteiger partial charge in [-0.3, -0.25) is 9.69 Å². The van der Waals surface area contributed by atoms with E-state index in [9.17, 15) is 9.90 Å². The van der Waals surface area contributed by atoms with Crippen molar-refractivity contribution in [2.45, 2.75) is 129 Å². The lowest BCUT2D eigenvalue weighted by molar-refractivity contribution is -0.119. The predicted molar refractivity (Wildman–Crippen MR) is 192 cm³/mol. The highest BCUT2D eigenvalue weighted by atomic mass is 127. The summed E-state index contributed by atoms with van der Waals surface area (Å²) in [6, 6.07) is 6.34. The molecule has 2 N–H and O–H groups in total. The normalized spacial score (nSPS) is 39.5. The van der Waals surface area contributed by atoms with E-state index in [1.165, 1.54) is 19.3 Å². The van der Waals surface area contributed by atoms with Crippen molar-refractivity contribution >= 4 is 34.1 Å². The predicted octanol–water partition coefficient (Wildman–Crippen LogP) is 8.48. The number of nitrogens with one attached hydrogen (secondary N) is 1. The second-order valence-electron chi connectivity index (χ2n) is 16.3. The zero-order valence-electron chi connectivity index (χ0n) is 28.8. The summed E-state index contributed by atoms with van der Waals surface area (Å²) in [5.74, 6) is 3.53. The first kappa shape index (κ1) is 33.8. The topological polar surface area (TPSA) is 100 Å². The molecule has 0 amide bonds. The summed E-state index contributed by atoms with van der Waals surface area (Å²) in [6.07, 6.45) is 14.4. The molecule has 47 heavy (non-hydrogen) atoms. The number of piperidine rings is 1. The van der Waals surface area contributed by atoms with Gasteiger partial charge in [-0.05, 0) is 153 Å². The fraction of sp³-hybridized carbons (Fsp3) is 0.718. The van der Waals surface area contributed by atoms with E-state index in [0.29, 0.717) is 54.0 Å². The van der Waals surface area contributed by atoms with Crippen LogP contribution < -0.4 is 4.91 Å². The molecule has 0 unspecified atom stereocenters. The number of aryl methyl sites for hydroxylation is 1. The maximum Gasteiger partial charge on any atom is 0.220 e. The van der Waals surface area contributed by atoms with Crippen LogP contribution in [0.1, 0.15) is 104 Å². The van der Waals surface area contributed by atoms with Gasteiger partial charge in [-0.2, -0.15) is 0 Å². The van der Waals surface area contributed by atoms with Crippen molar-refractivity contribution in [1.29, 1.82) is 5.53 Å². The first-order valence-corrected chi connectivity index (χ1v) is 19.5. The van der Waals surface area contributed by atoms with Crippen LogP contribution in [0, 0.1) is 44.1 Å². The van der Waals surface area contributed by atoms with Crippen LogP contribution in [0.15, 0.2) is 46.1 Å². The Morgan fingerprint density at radius 2 is 2.04 bits per heavy atom. The summed E-state index contributed by atoms with van der Waals surface area (Å²) in [4.78, 5) is 18.8. The summed E-state index contributed by atoms with van der Waals surface area (Å²) in [5.41, 5.74) is 13.7. The van der Waals surface area contributed by atoms with E-state index in [4.69, 9.17) is 10.3 Å². The van der Waals surface area contributed by atoms with E-state index in [1.807, 2.05) is 18.2 Å². The third-order valence-corrected chi connectivity index (χ3v) is 14.7. The average molecular weight is 754 g/mol. The average Bonchev–Trinajstić information content (AvgIpc) is 3.56. The Kier molecular flexibility index (Phi) is 9.49. The van der Waals surface area contributed by atoms with Gasteiger partial charge in [0.25, 0.3) is 0 Å². The summed E-state index contributed by atoms with van der Waals surface area (Å²) < 4.78 is 8.30. The van der Waals surface area contributed by atoms with Gasteiger partial charge in [0, 0.05) is 34.9 Å². The Balaban J connectivity index is 1.01. The zero-order valence-corrected chi connectivity index (χ0v) is 31.0. The number of hydrogen-bond acceptors (Lipinski definition) is 6. The molecular weight excluding hydrogens is 699 g/mol. The number of likely N-dealkylation sites (tertiary alicyclic amines) is 1. The number of hydrogen-bond donors (Lipinski definition) is 2. The molecule has 1 spiro atoms. The molecule has 4 fully saturated rings. The second-order valence-corrected chi connectivity index (χ2v) is 17.5. The molecule has 2 heterocycles. The summed E-state index contributed by atoms with van der Waals surface area (Å²) in [6.45, 7) is 11.9. The Morgan fingerprint density at radius 1 is 1.21 bits per heavy atom. The number of carbonyl (C=O) groups excluding carboxylic acids is 1. The molecule has 10 atom stereocenters. The van der Waals surface area contributed by atoms with Gasteiger partial charge < -0.3 is 9.84 Å². The standard InChI is InChI=1S/C39H54IN4O3/c1-23-18-36-37(44(22-23)17-5-6-28(45)10-7-26-8-12-35(42-43-41)34(40)19-26)25(3)39(47-36)16-14-30-31-11-9-27-20-29(46)13-15-38(27,4)33(31)21-32(30)24(39)2/h8-9,12,19,23,25,29-31,33,36-37,41,46H,5-7,10-11,13-18,20-22H2,1-4H3/q+1/t23-,25+,29-,30-,31-,33-,36+,37-,38-,39-/m0/s1. The number of carbonyl (C=O) groups is 1. The van der Waals surface area contributed by atoms with Crippen LogP contribution in [-0.4, -0.2) is 52.7 Å². The molecule has 8 heteroatoms. The molecule has 0 bridgehead atoms. The first-order valence-electron chi connectivity index (χ1n) is 18.4. The van der Waals surface area contributed by atoms with Gasteiger partial charge in [0.2, 0.25) is 4.91 Å². The summed E-state index contributed by atoms with van der Waals surface area (Å²) in [5, 5.41) is 14.3. The quantitative estimate of drug-likeness (QED) is 0.120. The van der Waals surface area contributed by atoms with E-state index in [0.717, 1.165) is 73.1 Å². The van der Waals surface area contributed by atoms with E-state index >= 15 is 0 Å². The largest absolute Gasteiger partial charge is 0.393 e. The molecule has 7 rings (SSSR count). The van der Waals surface area contributed by atoms with Crippen molar-refractivity contribution in [3.05, 3.63) is 50.1 Å². The van der Waals surface area contributed by atoms with Gasteiger partial charge in [-0.1, -0.05) is 44.1 Å². The monoisotopic (exact) mass is 753 g/mol. The molecule has 2 saturated heterocycles. The third kappa shape index (κ3) is 5.96. The summed E-state index contributed by atoms with van der Waals surface area (Å²) >= 11 is 2.22. The van der Waals surface area contributed by atoms with Crippen LogP contribution in [0.2, 0.25) is 0 Å². The molecule has 1 aromatic rings. The fourth-order valence-electron chi connectivity index (χ4n) is 11.5. The Hall–Kier alpha value is -1.71. The number of rotatable bonds is 8. The second kappa shape index (κ2) is 13.2. The number of benzene rings is 1. The molecule has 0 radical (unpaired) electrons. The molecule has 4 aliphatic carbocycles. The third-order valence-electron chi connectivity index (χ3n) is 13.9. The Morgan fingerprint density at radius 3 is 2.83 bits per heavy atom.